The number of hydrogen-bond donors (Lipinski definition) is 1. The number of phenols is 1. The van der Waals surface area contributed by atoms with Crippen molar-refractivity contribution in [3.63, 3.8) is 0 Å². The fourth-order valence-corrected chi connectivity index (χ4v) is 6.71. The van der Waals surface area contributed by atoms with Crippen molar-refractivity contribution in [3.05, 3.63) is 125 Å². The highest BCUT2D eigenvalue weighted by molar-refractivity contribution is 6.25. The van der Waals surface area contributed by atoms with Crippen LogP contribution in [0.3, 0.4) is 0 Å². The van der Waals surface area contributed by atoms with Gasteiger partial charge in [0.05, 0.1) is 28.6 Å². The lowest BCUT2D eigenvalue weighted by Crippen LogP contribution is -2.54. The van der Waals surface area contributed by atoms with Gasteiger partial charge in [-0.1, -0.05) is 66.2 Å². The van der Waals surface area contributed by atoms with Gasteiger partial charge < -0.3 is 5.11 Å². The predicted octanol–water partition coefficient (Wildman–Crippen LogP) is 5.65. The van der Waals surface area contributed by atoms with E-state index < -0.39 is 17.3 Å². The summed E-state index contributed by atoms with van der Waals surface area (Å²) >= 11 is 0. The summed E-state index contributed by atoms with van der Waals surface area (Å²) in [6.07, 6.45) is 1.87. The molecule has 5 heteroatoms. The van der Waals surface area contributed by atoms with Crippen molar-refractivity contribution in [2.75, 3.05) is 4.90 Å². The molecule has 0 saturated carbocycles. The molecular formula is C32H24N2O3. The van der Waals surface area contributed by atoms with Gasteiger partial charge in [0, 0.05) is 12.1 Å². The first-order valence-corrected chi connectivity index (χ1v) is 12.5. The molecule has 2 amide bonds. The topological polar surface area (TPSA) is 70.0 Å². The highest BCUT2D eigenvalue weighted by atomic mass is 16.3. The Morgan fingerprint density at radius 2 is 1.38 bits per heavy atom. The maximum atomic E-state index is 14.3. The van der Waals surface area contributed by atoms with E-state index in [-0.39, 0.29) is 23.5 Å². The van der Waals surface area contributed by atoms with Crippen LogP contribution in [-0.2, 0) is 15.0 Å². The lowest BCUT2D eigenvalue weighted by atomic mass is 9.47. The summed E-state index contributed by atoms with van der Waals surface area (Å²) in [5.41, 5.74) is 5.63. The second kappa shape index (κ2) is 7.74. The first-order chi connectivity index (χ1) is 18.0. The third-order valence-electron chi connectivity index (χ3n) is 8.24. The van der Waals surface area contributed by atoms with E-state index in [0.29, 0.717) is 11.4 Å². The van der Waals surface area contributed by atoms with Gasteiger partial charge in [-0.2, -0.15) is 0 Å². The Balaban J connectivity index is 1.49. The fourth-order valence-electron chi connectivity index (χ4n) is 6.71. The monoisotopic (exact) mass is 484 g/mol. The van der Waals surface area contributed by atoms with E-state index in [9.17, 15) is 14.7 Å². The molecule has 4 aromatic carbocycles. The van der Waals surface area contributed by atoms with Crippen LogP contribution in [0.1, 0.15) is 33.7 Å². The van der Waals surface area contributed by atoms with Gasteiger partial charge in [-0.3, -0.25) is 14.6 Å². The average Bonchev–Trinajstić information content (AvgIpc) is 3.20. The number of aliphatic imine (C=N–C) groups is 1. The highest BCUT2D eigenvalue weighted by Gasteiger charge is 2.67. The molecule has 0 radical (unpaired) electrons. The zero-order chi connectivity index (χ0) is 25.3. The second-order valence-corrected chi connectivity index (χ2v) is 10.1. The zero-order valence-electron chi connectivity index (χ0n) is 20.2. The Labute approximate surface area is 214 Å². The molecule has 5 nitrogen and oxygen atoms in total. The molecular weight excluding hydrogens is 460 g/mol. The summed E-state index contributed by atoms with van der Waals surface area (Å²) in [5.74, 6) is -1.52. The lowest BCUT2D eigenvalue weighted by molar-refractivity contribution is -0.122. The van der Waals surface area contributed by atoms with Gasteiger partial charge in [0.2, 0.25) is 11.8 Å². The van der Waals surface area contributed by atoms with Crippen LogP contribution in [0.15, 0.2) is 102 Å². The molecule has 2 atom stereocenters. The average molecular weight is 485 g/mol. The van der Waals surface area contributed by atoms with Gasteiger partial charge in [0.15, 0.2) is 0 Å². The van der Waals surface area contributed by atoms with Gasteiger partial charge in [-0.15, -0.1) is 0 Å². The van der Waals surface area contributed by atoms with Crippen molar-refractivity contribution in [1.29, 1.82) is 0 Å². The number of carbonyl (C=O) groups excluding carboxylic acids is 2. The number of benzene rings is 4. The number of amides is 2. The van der Waals surface area contributed by atoms with Crippen molar-refractivity contribution >= 4 is 29.4 Å². The van der Waals surface area contributed by atoms with E-state index in [4.69, 9.17) is 4.99 Å². The Hall–Kier alpha value is -4.51. The smallest absolute Gasteiger partial charge is 0.239 e. The Bertz CT molecular complexity index is 1560. The third-order valence-corrected chi connectivity index (χ3v) is 8.24. The molecule has 0 unspecified atom stereocenters. The molecule has 1 heterocycles. The lowest BCUT2D eigenvalue weighted by Gasteiger charge is -2.52. The van der Waals surface area contributed by atoms with Crippen LogP contribution in [0, 0.1) is 18.8 Å². The quantitative estimate of drug-likeness (QED) is 0.302. The molecule has 0 spiro atoms. The van der Waals surface area contributed by atoms with E-state index in [0.717, 1.165) is 27.8 Å². The van der Waals surface area contributed by atoms with Gasteiger partial charge in [-0.05, 0) is 65.6 Å². The minimum absolute atomic E-state index is 0.157. The molecule has 3 aliphatic carbocycles. The molecule has 2 bridgehead atoms. The van der Waals surface area contributed by atoms with Gasteiger partial charge in [-0.25, -0.2) is 4.90 Å². The van der Waals surface area contributed by atoms with Crippen molar-refractivity contribution < 1.29 is 14.7 Å². The number of nitrogens with zero attached hydrogens (tertiary/aromatic N) is 2. The number of aryl methyl sites for hydroxylation is 1. The van der Waals surface area contributed by atoms with E-state index >= 15 is 0 Å². The van der Waals surface area contributed by atoms with Crippen LogP contribution in [-0.4, -0.2) is 23.1 Å². The SMILES string of the molecule is Cc1ccc(N2C(=O)[C@@H]3C4c5ccccc5C(C=Nc5ccc(O)cc5)(c5ccccc54)[C@H]3C2=O)cc1. The maximum absolute atomic E-state index is 14.3. The summed E-state index contributed by atoms with van der Waals surface area (Å²) < 4.78 is 0. The van der Waals surface area contributed by atoms with Crippen LogP contribution in [0.25, 0.3) is 0 Å². The van der Waals surface area contributed by atoms with Crippen molar-refractivity contribution in [2.24, 2.45) is 16.8 Å². The first-order valence-electron chi connectivity index (χ1n) is 12.5. The zero-order valence-corrected chi connectivity index (χ0v) is 20.2. The standard InChI is InChI=1S/C32H24N2O3/c1-19-10-14-21(15-11-19)34-30(36)28-27-23-6-2-4-8-25(23)32(29(28)31(34)37,26-9-5-3-7-24(26)27)18-33-20-12-16-22(35)17-13-20/h2-18,27-29,35H,1H3/t27?,28-,29-,32?/m1/s1. The van der Waals surface area contributed by atoms with Gasteiger partial charge in [0.25, 0.3) is 0 Å². The summed E-state index contributed by atoms with van der Waals surface area (Å²) in [7, 11) is 0. The molecule has 8 rings (SSSR count). The number of hydrogen-bond acceptors (Lipinski definition) is 4. The molecule has 4 aliphatic rings. The van der Waals surface area contributed by atoms with Crippen LogP contribution in [0.2, 0.25) is 0 Å². The van der Waals surface area contributed by atoms with Crippen LogP contribution in [0.4, 0.5) is 11.4 Å². The number of rotatable bonds is 3. The number of imide groups is 1. The number of anilines is 1. The molecule has 1 fully saturated rings. The van der Waals surface area contributed by atoms with E-state index in [1.807, 2.05) is 61.7 Å². The van der Waals surface area contributed by atoms with E-state index in [1.165, 1.54) is 4.90 Å². The summed E-state index contributed by atoms with van der Waals surface area (Å²) in [4.78, 5) is 34.7. The maximum Gasteiger partial charge on any atom is 0.239 e. The minimum atomic E-state index is -0.906. The second-order valence-electron chi connectivity index (χ2n) is 10.1. The third kappa shape index (κ3) is 2.88. The van der Waals surface area contributed by atoms with E-state index in [2.05, 4.69) is 24.3 Å². The van der Waals surface area contributed by atoms with Gasteiger partial charge in [0.1, 0.15) is 5.75 Å². The normalized spacial score (nSPS) is 25.3. The molecule has 180 valence electrons. The Kier molecular flexibility index (Phi) is 4.55. The van der Waals surface area contributed by atoms with Crippen LogP contribution in [0.5, 0.6) is 5.75 Å². The molecule has 1 aliphatic heterocycles. The molecule has 0 aromatic heterocycles. The van der Waals surface area contributed by atoms with E-state index in [1.54, 1.807) is 24.3 Å². The molecule has 4 aromatic rings. The summed E-state index contributed by atoms with van der Waals surface area (Å²) in [6, 6.07) is 30.5. The number of aromatic hydroxyl groups is 1. The van der Waals surface area contributed by atoms with Crippen LogP contribution < -0.4 is 4.90 Å². The minimum Gasteiger partial charge on any atom is -0.508 e. The Morgan fingerprint density at radius 3 is 2.00 bits per heavy atom. The molecule has 37 heavy (non-hydrogen) atoms. The Morgan fingerprint density at radius 1 is 0.784 bits per heavy atom. The molecule has 1 saturated heterocycles. The summed E-state index contributed by atoms with van der Waals surface area (Å²) in [6.45, 7) is 1.99. The molecule has 1 N–H and O–H groups in total. The van der Waals surface area contributed by atoms with Gasteiger partial charge >= 0.3 is 0 Å². The van der Waals surface area contributed by atoms with Crippen molar-refractivity contribution in [2.45, 2.75) is 18.3 Å². The largest absolute Gasteiger partial charge is 0.508 e. The first kappa shape index (κ1) is 21.7. The predicted molar refractivity (Wildman–Crippen MR) is 142 cm³/mol. The highest BCUT2D eigenvalue weighted by Crippen LogP contribution is 2.63. The summed E-state index contributed by atoms with van der Waals surface area (Å²) in [5, 5.41) is 9.74. The number of carbonyl (C=O) groups is 2. The number of phenolic OH excluding ortho intramolecular Hbond substituents is 1. The van der Waals surface area contributed by atoms with Crippen molar-refractivity contribution in [1.82, 2.24) is 0 Å². The fraction of sp³-hybridized carbons (Fsp3) is 0.156. The van der Waals surface area contributed by atoms with Crippen molar-refractivity contribution in [3.8, 4) is 5.75 Å². The van der Waals surface area contributed by atoms with Crippen LogP contribution >= 0.6 is 0 Å².